The molecule has 2 aliphatic heterocycles. The Labute approximate surface area is 311 Å². The maximum atomic E-state index is 2.46. The third-order valence-electron chi connectivity index (χ3n) is 10.9. The number of fused-ring (bicyclic) bond motifs is 11. The molecule has 0 amide bonds. The maximum Gasteiger partial charge on any atom is 0.0745 e. The molecule has 1 nitrogen and oxygen atoms in total. The minimum Gasteiger partial charge on any atom is -0.309 e. The van der Waals surface area contributed by atoms with Crippen LogP contribution >= 0.6 is 23.5 Å². The van der Waals surface area contributed by atoms with Gasteiger partial charge in [-0.3, -0.25) is 0 Å². The van der Waals surface area contributed by atoms with E-state index in [4.69, 9.17) is 0 Å². The molecule has 0 saturated heterocycles. The number of benzene rings is 8. The van der Waals surface area contributed by atoms with Crippen LogP contribution < -0.4 is 0 Å². The van der Waals surface area contributed by atoms with Gasteiger partial charge in [0.1, 0.15) is 0 Å². The molecular formula is C49H31NS2. The van der Waals surface area contributed by atoms with Gasteiger partial charge in [0.25, 0.3) is 0 Å². The van der Waals surface area contributed by atoms with E-state index in [1.807, 2.05) is 23.5 Å². The summed E-state index contributed by atoms with van der Waals surface area (Å²) in [6.45, 7) is 0. The molecule has 0 bridgehead atoms. The SMILES string of the molecule is c1ccc(-c2ccc3c(c2)Sc2ccccc2C32c3ccccc3Sc3cc(-c4cccc5c4c4ccccc4n5-c4ccccc4)ccc32)cc1. The smallest absolute Gasteiger partial charge is 0.0745 e. The molecule has 8 aromatic carbocycles. The second-order valence-electron chi connectivity index (χ2n) is 13.6. The monoisotopic (exact) mass is 697 g/mol. The van der Waals surface area contributed by atoms with Crippen LogP contribution in [0.2, 0.25) is 0 Å². The minimum atomic E-state index is -0.447. The van der Waals surface area contributed by atoms with Gasteiger partial charge >= 0.3 is 0 Å². The van der Waals surface area contributed by atoms with Crippen molar-refractivity contribution in [2.45, 2.75) is 25.0 Å². The van der Waals surface area contributed by atoms with Gasteiger partial charge in [0.05, 0.1) is 16.4 Å². The summed E-state index contributed by atoms with van der Waals surface area (Å²) in [5.74, 6) is 0. The minimum absolute atomic E-state index is 0.447. The Hall–Kier alpha value is -5.74. The van der Waals surface area contributed by atoms with E-state index in [2.05, 4.69) is 193 Å². The van der Waals surface area contributed by atoms with E-state index < -0.39 is 5.41 Å². The van der Waals surface area contributed by atoms with E-state index in [1.54, 1.807) is 0 Å². The van der Waals surface area contributed by atoms with Crippen LogP contribution in [-0.4, -0.2) is 4.57 Å². The molecule has 3 heterocycles. The summed E-state index contributed by atoms with van der Waals surface area (Å²) in [4.78, 5) is 5.25. The molecule has 0 radical (unpaired) electrons. The molecule has 1 atom stereocenters. The van der Waals surface area contributed by atoms with Gasteiger partial charge in [-0.1, -0.05) is 163 Å². The highest BCUT2D eigenvalue weighted by atomic mass is 32.2. The third-order valence-corrected chi connectivity index (χ3v) is 13.2. The zero-order valence-corrected chi connectivity index (χ0v) is 29.8. The summed E-state index contributed by atoms with van der Waals surface area (Å²) in [5.41, 5.74) is 13.6. The molecule has 11 rings (SSSR count). The molecule has 1 spiro atoms. The van der Waals surface area contributed by atoms with Gasteiger partial charge < -0.3 is 4.57 Å². The van der Waals surface area contributed by atoms with Crippen LogP contribution in [0, 0.1) is 0 Å². The first-order chi connectivity index (χ1) is 25.8. The third kappa shape index (κ3) is 4.27. The van der Waals surface area contributed by atoms with Crippen molar-refractivity contribution in [1.29, 1.82) is 0 Å². The average molecular weight is 698 g/mol. The second kappa shape index (κ2) is 11.6. The fourth-order valence-electron chi connectivity index (χ4n) is 8.76. The number of nitrogens with zero attached hydrogens (tertiary/aromatic N) is 1. The normalized spacial score (nSPS) is 15.6. The topological polar surface area (TPSA) is 4.93 Å². The van der Waals surface area contributed by atoms with Crippen molar-refractivity contribution in [3.8, 4) is 27.9 Å². The predicted molar refractivity (Wildman–Crippen MR) is 218 cm³/mol. The zero-order valence-electron chi connectivity index (χ0n) is 28.2. The van der Waals surface area contributed by atoms with E-state index in [0.717, 1.165) is 0 Å². The second-order valence-corrected chi connectivity index (χ2v) is 15.8. The molecule has 0 fully saturated rings. The summed E-state index contributed by atoms with van der Waals surface area (Å²) in [7, 11) is 0. The van der Waals surface area contributed by atoms with Gasteiger partial charge in [-0.15, -0.1) is 0 Å². The lowest BCUT2D eigenvalue weighted by atomic mass is 9.64. The number of para-hydroxylation sites is 2. The van der Waals surface area contributed by atoms with E-state index in [1.165, 1.54) is 91.6 Å². The Kier molecular flexibility index (Phi) is 6.70. The van der Waals surface area contributed by atoms with Gasteiger partial charge in [-0.2, -0.15) is 0 Å². The van der Waals surface area contributed by atoms with Crippen LogP contribution in [-0.2, 0) is 5.41 Å². The Morgan fingerprint density at radius 1 is 0.365 bits per heavy atom. The summed E-state index contributed by atoms with van der Waals surface area (Å²) in [6, 6.07) is 69.7. The summed E-state index contributed by atoms with van der Waals surface area (Å²) in [6.07, 6.45) is 0. The first-order valence-corrected chi connectivity index (χ1v) is 19.4. The molecule has 0 aliphatic carbocycles. The average Bonchev–Trinajstić information content (AvgIpc) is 3.56. The van der Waals surface area contributed by atoms with Crippen molar-refractivity contribution in [3.05, 3.63) is 210 Å². The number of hydrogen-bond acceptors (Lipinski definition) is 2. The number of hydrogen-bond donors (Lipinski definition) is 0. The van der Waals surface area contributed by atoms with Crippen LogP contribution in [0.4, 0.5) is 0 Å². The highest BCUT2D eigenvalue weighted by molar-refractivity contribution is 8.00. The molecule has 0 saturated carbocycles. The highest BCUT2D eigenvalue weighted by Crippen LogP contribution is 2.62. The fourth-order valence-corrected chi connectivity index (χ4v) is 11.2. The van der Waals surface area contributed by atoms with Gasteiger partial charge in [-0.25, -0.2) is 0 Å². The van der Waals surface area contributed by atoms with Crippen LogP contribution in [0.1, 0.15) is 22.3 Å². The maximum absolute atomic E-state index is 2.46. The van der Waals surface area contributed by atoms with Gasteiger partial charge in [0.15, 0.2) is 0 Å². The molecule has 9 aromatic rings. The highest BCUT2D eigenvalue weighted by Gasteiger charge is 2.48. The summed E-state index contributed by atoms with van der Waals surface area (Å²) >= 11 is 3.81. The van der Waals surface area contributed by atoms with E-state index in [-0.39, 0.29) is 0 Å². The molecule has 52 heavy (non-hydrogen) atoms. The Morgan fingerprint density at radius 3 is 1.62 bits per heavy atom. The van der Waals surface area contributed by atoms with Crippen molar-refractivity contribution < 1.29 is 0 Å². The van der Waals surface area contributed by atoms with Crippen molar-refractivity contribution in [3.63, 3.8) is 0 Å². The molecule has 1 aromatic heterocycles. The molecule has 2 aliphatic rings. The quantitative estimate of drug-likeness (QED) is 0.181. The van der Waals surface area contributed by atoms with E-state index in [9.17, 15) is 0 Å². The van der Waals surface area contributed by atoms with Crippen LogP contribution in [0.3, 0.4) is 0 Å². The summed E-state index contributed by atoms with van der Waals surface area (Å²) in [5, 5.41) is 2.56. The summed E-state index contributed by atoms with van der Waals surface area (Å²) < 4.78 is 2.41. The molecule has 1 unspecified atom stereocenters. The van der Waals surface area contributed by atoms with Crippen molar-refractivity contribution in [2.75, 3.05) is 0 Å². The number of aromatic nitrogens is 1. The Morgan fingerprint density at radius 2 is 0.904 bits per heavy atom. The van der Waals surface area contributed by atoms with Gasteiger partial charge in [-0.05, 0) is 93.0 Å². The lowest BCUT2D eigenvalue weighted by Gasteiger charge is -2.45. The molecule has 244 valence electrons. The Balaban J connectivity index is 1.17. The zero-order chi connectivity index (χ0) is 34.2. The van der Waals surface area contributed by atoms with Crippen LogP contribution in [0.25, 0.3) is 49.7 Å². The largest absolute Gasteiger partial charge is 0.309 e. The fraction of sp³-hybridized carbons (Fsp3) is 0.0204. The molecule has 0 N–H and O–H groups in total. The van der Waals surface area contributed by atoms with Gasteiger partial charge in [0.2, 0.25) is 0 Å². The van der Waals surface area contributed by atoms with E-state index in [0.29, 0.717) is 0 Å². The lowest BCUT2D eigenvalue weighted by Crippen LogP contribution is -2.36. The Bertz CT molecular complexity index is 2840. The predicted octanol–water partition coefficient (Wildman–Crippen LogP) is 13.4. The van der Waals surface area contributed by atoms with Crippen molar-refractivity contribution in [1.82, 2.24) is 4.57 Å². The lowest BCUT2D eigenvalue weighted by molar-refractivity contribution is 0.667. The standard InChI is InChI=1S/C49H31NS2/c1-3-14-32(15-4-1)33-26-28-40-46(30-33)51-44-24-11-8-20-38(44)49(40)39-21-9-12-25-45(39)52-47-31-34(27-29-41(47)49)36-19-13-23-43-48(36)37-18-7-10-22-42(37)50(43)35-16-5-2-6-17-35/h1-31H. The van der Waals surface area contributed by atoms with E-state index >= 15 is 0 Å². The first kappa shape index (κ1) is 29.9. The van der Waals surface area contributed by atoms with Crippen LogP contribution in [0.5, 0.6) is 0 Å². The van der Waals surface area contributed by atoms with Crippen molar-refractivity contribution >= 4 is 45.3 Å². The van der Waals surface area contributed by atoms with Crippen LogP contribution in [0.15, 0.2) is 208 Å². The number of rotatable bonds is 3. The van der Waals surface area contributed by atoms with Gasteiger partial charge in [0, 0.05) is 36.0 Å². The van der Waals surface area contributed by atoms with Crippen molar-refractivity contribution in [2.24, 2.45) is 0 Å². The first-order valence-electron chi connectivity index (χ1n) is 17.8. The molecular weight excluding hydrogens is 667 g/mol. The molecule has 3 heteroatoms.